The van der Waals surface area contributed by atoms with E-state index in [2.05, 4.69) is 65.5 Å². The standard InChI is InChI=1S/C30H27N5O/c1-21-11-9-12-23(19-21)28-27-17-10-18-33(27)29-26(22(2)32-35(29)25-15-7-4-8-16-25)20-34(28)30(36)31-24-13-5-3-6-14-24/h3-19,28H,20H2,1-2H3,(H,31,36)/t28-/m1/s1. The van der Waals surface area contributed by atoms with E-state index in [0.717, 1.165) is 45.3 Å². The summed E-state index contributed by atoms with van der Waals surface area (Å²) in [5.74, 6) is 0.964. The number of carbonyl (C=O) groups excluding carboxylic acids is 1. The Kier molecular flexibility index (Phi) is 5.41. The van der Waals surface area contributed by atoms with E-state index in [-0.39, 0.29) is 12.1 Å². The molecule has 0 radical (unpaired) electrons. The van der Waals surface area contributed by atoms with Crippen LogP contribution in [-0.4, -0.2) is 25.3 Å². The summed E-state index contributed by atoms with van der Waals surface area (Å²) in [6, 6.07) is 31.9. The molecule has 1 atom stereocenters. The summed E-state index contributed by atoms with van der Waals surface area (Å²) >= 11 is 0. The molecule has 6 rings (SSSR count). The van der Waals surface area contributed by atoms with Crippen molar-refractivity contribution in [2.24, 2.45) is 0 Å². The van der Waals surface area contributed by atoms with Gasteiger partial charge in [-0.15, -0.1) is 0 Å². The topological polar surface area (TPSA) is 55.1 Å². The average molecular weight is 474 g/mol. The minimum atomic E-state index is -0.278. The fraction of sp³-hybridized carbons (Fsp3) is 0.133. The smallest absolute Gasteiger partial charge is 0.308 e. The Labute approximate surface area is 210 Å². The summed E-state index contributed by atoms with van der Waals surface area (Å²) in [5, 5.41) is 8.03. The number of rotatable bonds is 3. The molecule has 2 amide bonds. The fourth-order valence-electron chi connectivity index (χ4n) is 5.06. The first kappa shape index (κ1) is 21.9. The zero-order valence-electron chi connectivity index (χ0n) is 20.3. The Morgan fingerprint density at radius 3 is 2.39 bits per heavy atom. The van der Waals surface area contributed by atoms with Crippen LogP contribution in [0.25, 0.3) is 11.5 Å². The number of fused-ring (bicyclic) bond motifs is 3. The van der Waals surface area contributed by atoms with Crippen LogP contribution in [0.1, 0.15) is 34.1 Å². The number of hydrogen-bond donors (Lipinski definition) is 1. The molecule has 36 heavy (non-hydrogen) atoms. The lowest BCUT2D eigenvalue weighted by Crippen LogP contribution is -2.38. The molecule has 0 unspecified atom stereocenters. The molecule has 1 aliphatic heterocycles. The van der Waals surface area contributed by atoms with Crippen LogP contribution in [0.5, 0.6) is 0 Å². The number of anilines is 1. The van der Waals surface area contributed by atoms with E-state index in [1.165, 1.54) is 0 Å². The number of nitrogens with one attached hydrogen (secondary N) is 1. The Hall–Kier alpha value is -4.58. The van der Waals surface area contributed by atoms with Crippen LogP contribution in [0.15, 0.2) is 103 Å². The largest absolute Gasteiger partial charge is 0.322 e. The Balaban J connectivity index is 1.55. The lowest BCUT2D eigenvalue weighted by molar-refractivity contribution is 0.194. The molecule has 6 heteroatoms. The maximum Gasteiger partial charge on any atom is 0.322 e. The van der Waals surface area contributed by atoms with E-state index >= 15 is 0 Å². The lowest BCUT2D eigenvalue weighted by atomic mass is 10.00. The molecule has 0 bridgehead atoms. The number of nitrogens with zero attached hydrogens (tertiary/aromatic N) is 4. The number of para-hydroxylation sites is 2. The zero-order valence-corrected chi connectivity index (χ0v) is 20.3. The third-order valence-electron chi connectivity index (χ3n) is 6.73. The van der Waals surface area contributed by atoms with Crippen LogP contribution in [0.3, 0.4) is 0 Å². The van der Waals surface area contributed by atoms with Gasteiger partial charge < -0.3 is 14.8 Å². The quantitative estimate of drug-likeness (QED) is 0.329. The number of carbonyl (C=O) groups is 1. The van der Waals surface area contributed by atoms with Crippen LogP contribution >= 0.6 is 0 Å². The SMILES string of the molecule is Cc1cccc([C@@H]2c3cccn3-c3c(c(C)nn3-c3ccccc3)CN2C(=O)Nc2ccccc2)c1. The normalized spacial score (nSPS) is 14.6. The molecule has 2 aromatic heterocycles. The van der Waals surface area contributed by atoms with Gasteiger partial charge in [-0.25, -0.2) is 9.48 Å². The van der Waals surface area contributed by atoms with Crippen molar-refractivity contribution in [1.82, 2.24) is 19.2 Å². The number of urea groups is 1. The second kappa shape index (κ2) is 8.89. The zero-order chi connectivity index (χ0) is 24.6. The molecule has 3 heterocycles. The third kappa shape index (κ3) is 3.77. The minimum absolute atomic E-state index is 0.153. The summed E-state index contributed by atoms with van der Waals surface area (Å²) < 4.78 is 4.17. The molecule has 1 aliphatic rings. The molecule has 5 aromatic rings. The maximum atomic E-state index is 13.9. The van der Waals surface area contributed by atoms with Crippen molar-refractivity contribution >= 4 is 11.7 Å². The van der Waals surface area contributed by atoms with Gasteiger partial charge in [0.1, 0.15) is 5.82 Å². The molecule has 0 spiro atoms. The van der Waals surface area contributed by atoms with Crippen molar-refractivity contribution in [1.29, 1.82) is 0 Å². The first-order valence-electron chi connectivity index (χ1n) is 12.1. The highest BCUT2D eigenvalue weighted by atomic mass is 16.2. The molecular weight excluding hydrogens is 446 g/mol. The lowest BCUT2D eigenvalue weighted by Gasteiger charge is -2.31. The summed E-state index contributed by atoms with van der Waals surface area (Å²) in [5.41, 5.74) is 6.91. The molecule has 0 fully saturated rings. The van der Waals surface area contributed by atoms with E-state index in [0.29, 0.717) is 6.54 Å². The van der Waals surface area contributed by atoms with E-state index in [4.69, 9.17) is 5.10 Å². The van der Waals surface area contributed by atoms with Gasteiger partial charge in [-0.1, -0.05) is 66.2 Å². The van der Waals surface area contributed by atoms with Crippen molar-refractivity contribution in [2.45, 2.75) is 26.4 Å². The van der Waals surface area contributed by atoms with E-state index < -0.39 is 0 Å². The Morgan fingerprint density at radius 1 is 0.889 bits per heavy atom. The summed E-state index contributed by atoms with van der Waals surface area (Å²) in [7, 11) is 0. The number of amides is 2. The highest BCUT2D eigenvalue weighted by Crippen LogP contribution is 2.38. The number of benzene rings is 3. The second-order valence-corrected chi connectivity index (χ2v) is 9.18. The van der Waals surface area contributed by atoms with Gasteiger partial charge in [0.2, 0.25) is 0 Å². The molecular formula is C30H27N5O. The van der Waals surface area contributed by atoms with Crippen LogP contribution in [0.4, 0.5) is 10.5 Å². The Bertz CT molecular complexity index is 1530. The predicted molar refractivity (Wildman–Crippen MR) is 142 cm³/mol. The first-order valence-corrected chi connectivity index (χ1v) is 12.1. The summed E-state index contributed by atoms with van der Waals surface area (Å²) in [4.78, 5) is 15.8. The Morgan fingerprint density at radius 2 is 1.64 bits per heavy atom. The molecule has 0 saturated carbocycles. The highest BCUT2D eigenvalue weighted by molar-refractivity contribution is 5.90. The monoisotopic (exact) mass is 473 g/mol. The fourth-order valence-corrected chi connectivity index (χ4v) is 5.06. The van der Waals surface area contributed by atoms with Crippen molar-refractivity contribution < 1.29 is 4.79 Å². The third-order valence-corrected chi connectivity index (χ3v) is 6.73. The van der Waals surface area contributed by atoms with Crippen LogP contribution in [0.2, 0.25) is 0 Å². The molecule has 1 N–H and O–H groups in total. The molecule has 0 aliphatic carbocycles. The van der Waals surface area contributed by atoms with Crippen molar-refractivity contribution in [3.8, 4) is 11.5 Å². The van der Waals surface area contributed by atoms with Gasteiger partial charge in [-0.05, 0) is 55.8 Å². The first-order chi connectivity index (χ1) is 17.6. The summed E-state index contributed by atoms with van der Waals surface area (Å²) in [6.45, 7) is 4.52. The predicted octanol–water partition coefficient (Wildman–Crippen LogP) is 6.42. The average Bonchev–Trinajstić information content (AvgIpc) is 3.45. The van der Waals surface area contributed by atoms with E-state index in [1.807, 2.05) is 71.1 Å². The minimum Gasteiger partial charge on any atom is -0.308 e. The number of hydrogen-bond acceptors (Lipinski definition) is 2. The van der Waals surface area contributed by atoms with Gasteiger partial charge in [0.25, 0.3) is 0 Å². The van der Waals surface area contributed by atoms with Crippen molar-refractivity contribution in [3.05, 3.63) is 131 Å². The van der Waals surface area contributed by atoms with Gasteiger partial charge >= 0.3 is 6.03 Å². The van der Waals surface area contributed by atoms with Crippen LogP contribution in [0, 0.1) is 13.8 Å². The van der Waals surface area contributed by atoms with Crippen LogP contribution in [-0.2, 0) is 6.54 Å². The molecule has 0 saturated heterocycles. The van der Waals surface area contributed by atoms with Gasteiger partial charge in [0.05, 0.1) is 29.7 Å². The number of aryl methyl sites for hydroxylation is 2. The van der Waals surface area contributed by atoms with Gasteiger partial charge in [0.15, 0.2) is 0 Å². The molecule has 6 nitrogen and oxygen atoms in total. The van der Waals surface area contributed by atoms with Crippen LogP contribution < -0.4 is 5.32 Å². The van der Waals surface area contributed by atoms with Crippen molar-refractivity contribution in [2.75, 3.05) is 5.32 Å². The van der Waals surface area contributed by atoms with Gasteiger partial charge in [0, 0.05) is 17.4 Å². The molecule has 178 valence electrons. The summed E-state index contributed by atoms with van der Waals surface area (Å²) in [6.07, 6.45) is 2.07. The van der Waals surface area contributed by atoms with Gasteiger partial charge in [-0.3, -0.25) is 0 Å². The van der Waals surface area contributed by atoms with E-state index in [9.17, 15) is 4.79 Å². The van der Waals surface area contributed by atoms with Gasteiger partial charge in [-0.2, -0.15) is 5.10 Å². The second-order valence-electron chi connectivity index (χ2n) is 9.18. The highest BCUT2D eigenvalue weighted by Gasteiger charge is 2.36. The molecule has 3 aromatic carbocycles. The van der Waals surface area contributed by atoms with E-state index in [1.54, 1.807) is 0 Å². The van der Waals surface area contributed by atoms with Crippen molar-refractivity contribution in [3.63, 3.8) is 0 Å². The number of aromatic nitrogens is 3. The maximum absolute atomic E-state index is 13.9.